The zero-order chi connectivity index (χ0) is 15.7. The van der Waals surface area contributed by atoms with Crippen molar-refractivity contribution in [2.45, 2.75) is 6.61 Å². The lowest BCUT2D eigenvalue weighted by atomic mass is 10.2. The molecule has 0 saturated heterocycles. The number of carboxylic acid groups (broad SMARTS) is 1. The molecule has 3 aromatic rings. The first-order valence-electron chi connectivity index (χ1n) is 6.76. The maximum atomic E-state index is 11.4. The molecule has 1 heterocycles. The van der Waals surface area contributed by atoms with Crippen molar-refractivity contribution >= 4 is 39.5 Å². The lowest BCUT2D eigenvalue weighted by Gasteiger charge is -2.06. The molecule has 0 radical (unpaired) electrons. The highest BCUT2D eigenvalue weighted by Crippen LogP contribution is 2.30. The number of aryl methyl sites for hydroxylation is 1. The average Bonchev–Trinajstić information content (AvgIpc) is 2.77. The van der Waals surface area contributed by atoms with Crippen molar-refractivity contribution in [3.8, 4) is 5.75 Å². The number of hydrogen-bond acceptors (Lipinski definition) is 2. The minimum atomic E-state index is -0.921. The van der Waals surface area contributed by atoms with Crippen LogP contribution in [0.5, 0.6) is 5.75 Å². The molecule has 1 aromatic heterocycles. The summed E-state index contributed by atoms with van der Waals surface area (Å²) in [6.45, 7) is 0.488. The molecule has 0 bridgehead atoms. The second-order valence-electron chi connectivity index (χ2n) is 4.98. The quantitative estimate of drug-likeness (QED) is 0.664. The first-order valence-corrected chi connectivity index (χ1v) is 7.83. The van der Waals surface area contributed by atoms with Gasteiger partial charge in [0.1, 0.15) is 18.1 Å². The lowest BCUT2D eigenvalue weighted by molar-refractivity contribution is 0.0686. The number of benzene rings is 2. The molecule has 5 heteroatoms. The van der Waals surface area contributed by atoms with Crippen LogP contribution in [0.4, 0.5) is 0 Å². The van der Waals surface area contributed by atoms with Crippen molar-refractivity contribution in [3.63, 3.8) is 0 Å². The number of fused-ring (bicyclic) bond motifs is 1. The monoisotopic (exact) mass is 407 g/mol. The second kappa shape index (κ2) is 6.00. The number of halogens is 1. The van der Waals surface area contributed by atoms with Crippen LogP contribution in [0.2, 0.25) is 0 Å². The molecular formula is C17H14INO3. The topological polar surface area (TPSA) is 51.5 Å². The first-order chi connectivity index (χ1) is 10.6. The molecule has 3 rings (SSSR count). The van der Waals surface area contributed by atoms with Gasteiger partial charge in [-0.15, -0.1) is 0 Å². The summed E-state index contributed by atoms with van der Waals surface area (Å²) in [4.78, 5) is 11.4. The van der Waals surface area contributed by atoms with E-state index < -0.39 is 5.97 Å². The maximum absolute atomic E-state index is 11.4. The Bertz CT molecular complexity index is 840. The van der Waals surface area contributed by atoms with Gasteiger partial charge in [-0.2, -0.15) is 0 Å². The molecule has 0 aliphatic heterocycles. The number of nitrogens with zero attached hydrogens (tertiary/aromatic N) is 1. The van der Waals surface area contributed by atoms with Crippen molar-refractivity contribution in [3.05, 3.63) is 63.4 Å². The summed E-state index contributed by atoms with van der Waals surface area (Å²) in [7, 11) is 1.76. The van der Waals surface area contributed by atoms with Crippen LogP contribution in [0.25, 0.3) is 10.9 Å². The molecule has 0 aliphatic rings. The van der Waals surface area contributed by atoms with Crippen molar-refractivity contribution in [2.75, 3.05) is 0 Å². The van der Waals surface area contributed by atoms with E-state index in [0.29, 0.717) is 12.3 Å². The fourth-order valence-electron chi connectivity index (χ4n) is 2.45. The highest BCUT2D eigenvalue weighted by Gasteiger charge is 2.18. The number of aromatic carboxylic acids is 1. The predicted octanol–water partition coefficient (Wildman–Crippen LogP) is 4.06. The summed E-state index contributed by atoms with van der Waals surface area (Å²) in [6, 6.07) is 15.6. The fraction of sp³-hybridized carbons (Fsp3) is 0.118. The van der Waals surface area contributed by atoms with Gasteiger partial charge in [0, 0.05) is 18.0 Å². The Morgan fingerprint density at radius 2 is 1.95 bits per heavy atom. The molecule has 2 aromatic carbocycles. The summed E-state index contributed by atoms with van der Waals surface area (Å²) in [6.07, 6.45) is 0. The van der Waals surface area contributed by atoms with E-state index in [9.17, 15) is 9.90 Å². The molecule has 0 saturated carbocycles. The van der Waals surface area contributed by atoms with Crippen molar-refractivity contribution in [1.82, 2.24) is 4.57 Å². The van der Waals surface area contributed by atoms with Gasteiger partial charge in [0.15, 0.2) is 0 Å². The van der Waals surface area contributed by atoms with E-state index in [2.05, 4.69) is 22.6 Å². The van der Waals surface area contributed by atoms with Gasteiger partial charge in [-0.3, -0.25) is 0 Å². The standard InChI is InChI=1S/C17H14INO3/c1-19-14-8-7-12(22-10-11-5-3-2-4-6-11)9-13(14)15(18)16(19)17(20)21/h2-9H,10H2,1H3,(H,20,21). The zero-order valence-corrected chi connectivity index (χ0v) is 14.1. The molecule has 0 amide bonds. The number of carbonyl (C=O) groups is 1. The van der Waals surface area contributed by atoms with Gasteiger partial charge in [0.05, 0.1) is 3.57 Å². The van der Waals surface area contributed by atoms with Gasteiger partial charge in [0.25, 0.3) is 0 Å². The number of rotatable bonds is 4. The normalized spacial score (nSPS) is 10.8. The van der Waals surface area contributed by atoms with Gasteiger partial charge < -0.3 is 14.4 Å². The van der Waals surface area contributed by atoms with Gasteiger partial charge in [-0.1, -0.05) is 30.3 Å². The Kier molecular flexibility index (Phi) is 4.06. The van der Waals surface area contributed by atoms with Crippen LogP contribution in [0, 0.1) is 3.57 Å². The van der Waals surface area contributed by atoms with Gasteiger partial charge >= 0.3 is 5.97 Å². The lowest BCUT2D eigenvalue weighted by Crippen LogP contribution is -2.05. The zero-order valence-electron chi connectivity index (χ0n) is 11.9. The highest BCUT2D eigenvalue weighted by molar-refractivity contribution is 14.1. The molecule has 1 N–H and O–H groups in total. The Balaban J connectivity index is 1.93. The van der Waals surface area contributed by atoms with Crippen molar-refractivity contribution in [2.24, 2.45) is 7.05 Å². The summed E-state index contributed by atoms with van der Waals surface area (Å²) in [5, 5.41) is 10.2. The highest BCUT2D eigenvalue weighted by atomic mass is 127. The third-order valence-electron chi connectivity index (χ3n) is 3.56. The minimum absolute atomic E-state index is 0.302. The van der Waals surface area contributed by atoms with E-state index in [1.54, 1.807) is 11.6 Å². The molecule has 0 spiro atoms. The predicted molar refractivity (Wildman–Crippen MR) is 93.4 cm³/mol. The third kappa shape index (κ3) is 2.68. The molecular weight excluding hydrogens is 393 g/mol. The van der Waals surface area contributed by atoms with Crippen LogP contribution < -0.4 is 4.74 Å². The fourth-order valence-corrected chi connectivity index (χ4v) is 3.47. The van der Waals surface area contributed by atoms with Gasteiger partial charge in [0.2, 0.25) is 0 Å². The first kappa shape index (κ1) is 14.9. The van der Waals surface area contributed by atoms with Gasteiger partial charge in [-0.05, 0) is 46.4 Å². The Labute approximate surface area is 141 Å². The Hall–Kier alpha value is -2.02. The molecule has 0 atom stereocenters. The van der Waals surface area contributed by atoms with Crippen LogP contribution in [-0.4, -0.2) is 15.6 Å². The molecule has 22 heavy (non-hydrogen) atoms. The van der Waals surface area contributed by atoms with E-state index in [1.807, 2.05) is 48.5 Å². The number of aromatic nitrogens is 1. The second-order valence-corrected chi connectivity index (χ2v) is 6.06. The number of carboxylic acids is 1. The van der Waals surface area contributed by atoms with Crippen LogP contribution in [-0.2, 0) is 13.7 Å². The van der Waals surface area contributed by atoms with E-state index in [4.69, 9.17) is 4.74 Å². The summed E-state index contributed by atoms with van der Waals surface area (Å²) < 4.78 is 8.23. The summed E-state index contributed by atoms with van der Waals surface area (Å²) in [5.74, 6) is -0.188. The Morgan fingerprint density at radius 1 is 1.23 bits per heavy atom. The number of ether oxygens (including phenoxy) is 1. The molecule has 112 valence electrons. The molecule has 0 aliphatic carbocycles. The van der Waals surface area contributed by atoms with E-state index in [-0.39, 0.29) is 0 Å². The third-order valence-corrected chi connectivity index (χ3v) is 4.65. The van der Waals surface area contributed by atoms with Crippen molar-refractivity contribution in [1.29, 1.82) is 0 Å². The van der Waals surface area contributed by atoms with Crippen molar-refractivity contribution < 1.29 is 14.6 Å². The smallest absolute Gasteiger partial charge is 0.353 e. The number of hydrogen-bond donors (Lipinski definition) is 1. The molecule has 0 unspecified atom stereocenters. The molecule has 0 fully saturated rings. The average molecular weight is 407 g/mol. The van der Waals surface area contributed by atoms with E-state index >= 15 is 0 Å². The molecule has 4 nitrogen and oxygen atoms in total. The van der Waals surface area contributed by atoms with Crippen LogP contribution >= 0.6 is 22.6 Å². The van der Waals surface area contributed by atoms with Gasteiger partial charge in [-0.25, -0.2) is 4.79 Å². The summed E-state index contributed by atoms with van der Waals surface area (Å²) >= 11 is 2.07. The minimum Gasteiger partial charge on any atom is -0.489 e. The largest absolute Gasteiger partial charge is 0.489 e. The SMILES string of the molecule is Cn1c(C(=O)O)c(I)c2cc(OCc3ccccc3)ccc21. The van der Waals surface area contributed by atoms with E-state index in [0.717, 1.165) is 25.8 Å². The summed E-state index contributed by atoms with van der Waals surface area (Å²) in [5.41, 5.74) is 2.28. The maximum Gasteiger partial charge on any atom is 0.353 e. The van der Waals surface area contributed by atoms with E-state index in [1.165, 1.54) is 0 Å². The Morgan fingerprint density at radius 3 is 2.64 bits per heavy atom. The van der Waals surface area contributed by atoms with Crippen LogP contribution in [0.15, 0.2) is 48.5 Å². The van der Waals surface area contributed by atoms with Crippen LogP contribution in [0.1, 0.15) is 16.1 Å². The van der Waals surface area contributed by atoms with Crippen LogP contribution in [0.3, 0.4) is 0 Å².